The fourth-order valence-electron chi connectivity index (χ4n) is 7.33. The molecule has 3 heterocycles. The van der Waals surface area contributed by atoms with Crippen LogP contribution >= 0.6 is 0 Å². The smallest absolute Gasteiger partial charge is 0.340 e. The number of halogens is 2. The summed E-state index contributed by atoms with van der Waals surface area (Å²) in [5.41, 5.74) is -0.306. The van der Waals surface area contributed by atoms with Crippen LogP contribution in [0.1, 0.15) is 40.9 Å². The molecule has 14 nitrogen and oxygen atoms in total. The highest BCUT2D eigenvalue weighted by molar-refractivity contribution is 5.99. The second-order valence-corrected chi connectivity index (χ2v) is 13.5. The molecule has 306 valence electrons. The van der Waals surface area contributed by atoms with Crippen molar-refractivity contribution in [3.05, 3.63) is 94.6 Å². The van der Waals surface area contributed by atoms with E-state index in [9.17, 15) is 14.4 Å². The third-order valence-electron chi connectivity index (χ3n) is 9.88. The highest BCUT2D eigenvalue weighted by atomic mass is 19.1. The third kappa shape index (κ3) is 7.95. The molecule has 1 saturated heterocycles. The van der Waals surface area contributed by atoms with E-state index in [4.69, 9.17) is 42.6 Å². The average Bonchev–Trinajstić information content (AvgIpc) is 3.47. The Kier molecular flexibility index (Phi) is 12.0. The predicted octanol–water partition coefficient (Wildman–Crippen LogP) is 5.78. The van der Waals surface area contributed by atoms with Crippen molar-refractivity contribution >= 4 is 29.3 Å². The van der Waals surface area contributed by atoms with Gasteiger partial charge in [0.05, 0.1) is 81.9 Å². The van der Waals surface area contributed by atoms with Crippen molar-refractivity contribution in [3.8, 4) is 34.5 Å². The van der Waals surface area contributed by atoms with Crippen LogP contribution in [0, 0.1) is 11.6 Å². The molecular weight excluding hydrogens is 762 g/mol. The van der Waals surface area contributed by atoms with Gasteiger partial charge in [0.15, 0.2) is 28.7 Å². The lowest BCUT2D eigenvalue weighted by Gasteiger charge is -2.37. The minimum Gasteiger partial charge on any atom is -0.495 e. The molecule has 0 aliphatic carbocycles. The summed E-state index contributed by atoms with van der Waals surface area (Å²) in [6, 6.07) is 15.2. The van der Waals surface area contributed by atoms with E-state index in [0.29, 0.717) is 77.3 Å². The van der Waals surface area contributed by atoms with Gasteiger partial charge >= 0.3 is 17.9 Å². The zero-order valence-electron chi connectivity index (χ0n) is 32.4. The Balaban J connectivity index is 1.26. The van der Waals surface area contributed by atoms with Gasteiger partial charge in [0.25, 0.3) is 0 Å². The van der Waals surface area contributed by atoms with E-state index in [1.165, 1.54) is 7.11 Å². The summed E-state index contributed by atoms with van der Waals surface area (Å²) in [4.78, 5) is 41.8. The Morgan fingerprint density at radius 1 is 0.621 bits per heavy atom. The molecule has 0 amide bonds. The molecule has 7 rings (SSSR count). The van der Waals surface area contributed by atoms with Crippen molar-refractivity contribution in [3.63, 3.8) is 0 Å². The number of hydrogen-bond acceptors (Lipinski definition) is 14. The van der Waals surface area contributed by atoms with Crippen molar-refractivity contribution < 1.29 is 65.8 Å². The van der Waals surface area contributed by atoms with Gasteiger partial charge in [-0.25, -0.2) is 13.6 Å². The van der Waals surface area contributed by atoms with E-state index in [-0.39, 0.29) is 33.8 Å². The van der Waals surface area contributed by atoms with Gasteiger partial charge in [0.2, 0.25) is 0 Å². The van der Waals surface area contributed by atoms with Gasteiger partial charge in [-0.15, -0.1) is 0 Å². The number of fused-ring (bicyclic) bond motifs is 6. The monoisotopic (exact) mass is 804 g/mol. The molecule has 0 N–H and O–H groups in total. The first-order valence-corrected chi connectivity index (χ1v) is 18.6. The Labute approximate surface area is 333 Å². The van der Waals surface area contributed by atoms with Crippen molar-refractivity contribution in [1.82, 2.24) is 0 Å². The Bertz CT molecular complexity index is 2140. The Morgan fingerprint density at radius 3 is 1.64 bits per heavy atom. The van der Waals surface area contributed by atoms with E-state index >= 15 is 8.78 Å². The Hall–Kier alpha value is -5.97. The van der Waals surface area contributed by atoms with Gasteiger partial charge in [-0.1, -0.05) is 12.1 Å². The van der Waals surface area contributed by atoms with Gasteiger partial charge < -0.3 is 52.4 Å². The second kappa shape index (κ2) is 17.3. The molecule has 1 fully saturated rings. The van der Waals surface area contributed by atoms with Crippen LogP contribution < -0.4 is 33.5 Å². The number of ether oxygens (including phenoxy) is 9. The lowest BCUT2D eigenvalue weighted by atomic mass is 9.77. The van der Waals surface area contributed by atoms with E-state index in [1.54, 1.807) is 19.2 Å². The van der Waals surface area contributed by atoms with E-state index in [0.717, 1.165) is 49.5 Å². The maximum absolute atomic E-state index is 15.7. The number of carbonyl (C=O) groups excluding carboxylic acids is 3. The maximum Gasteiger partial charge on any atom is 0.340 e. The van der Waals surface area contributed by atoms with Gasteiger partial charge in [-0.2, -0.15) is 0 Å². The first-order chi connectivity index (χ1) is 28.0. The summed E-state index contributed by atoms with van der Waals surface area (Å²) in [6.45, 7) is 6.34. The molecule has 0 atom stereocenters. The summed E-state index contributed by atoms with van der Waals surface area (Å²) in [6.07, 6.45) is 0. The normalized spacial score (nSPS) is 16.8. The molecule has 0 saturated carbocycles. The van der Waals surface area contributed by atoms with Crippen molar-refractivity contribution in [1.29, 1.82) is 0 Å². The molecule has 4 aromatic carbocycles. The zero-order valence-corrected chi connectivity index (χ0v) is 32.4. The second-order valence-electron chi connectivity index (χ2n) is 13.5. The molecule has 4 aromatic rings. The third-order valence-corrected chi connectivity index (χ3v) is 9.88. The molecular formula is C42H42F2N2O12. The molecule has 1 spiro atoms. The SMILES string of the molecule is COc1ccccc1N1CCOCCOCCN(c2cc3c(cc2OC)C2(OC3=O)c3cc(F)c(OC(C)=O)cc3Oc3cc(OC(C)=O)c(F)cc32)CCOCC1. The number of nitrogens with zero attached hydrogens (tertiary/aromatic N) is 2. The van der Waals surface area contributed by atoms with Crippen LogP contribution in [0.15, 0.2) is 60.7 Å². The van der Waals surface area contributed by atoms with Gasteiger partial charge in [-0.05, 0) is 36.4 Å². The highest BCUT2D eigenvalue weighted by Gasteiger charge is 2.55. The predicted molar refractivity (Wildman–Crippen MR) is 204 cm³/mol. The molecule has 3 aliphatic rings. The van der Waals surface area contributed by atoms with E-state index < -0.39 is 46.6 Å². The number of anilines is 2. The summed E-state index contributed by atoms with van der Waals surface area (Å²) in [5.74, 6) is -4.32. The fourth-order valence-corrected chi connectivity index (χ4v) is 7.33. The number of hydrogen-bond donors (Lipinski definition) is 0. The van der Waals surface area contributed by atoms with Crippen LogP contribution in [0.3, 0.4) is 0 Å². The lowest BCUT2D eigenvalue weighted by molar-refractivity contribution is -0.133. The average molecular weight is 805 g/mol. The number of methoxy groups -OCH3 is 2. The number of esters is 3. The van der Waals surface area contributed by atoms with Gasteiger partial charge in [-0.3, -0.25) is 9.59 Å². The van der Waals surface area contributed by atoms with Crippen LogP contribution in [-0.4, -0.2) is 97.9 Å². The minimum atomic E-state index is -1.98. The summed E-state index contributed by atoms with van der Waals surface area (Å²) in [7, 11) is 3.09. The van der Waals surface area contributed by atoms with Crippen molar-refractivity contribution in [2.24, 2.45) is 0 Å². The quantitative estimate of drug-likeness (QED) is 0.172. The Morgan fingerprint density at radius 2 is 1.12 bits per heavy atom. The topological polar surface area (TPSA) is 141 Å². The number of benzene rings is 4. The van der Waals surface area contributed by atoms with Crippen LogP contribution in [0.2, 0.25) is 0 Å². The van der Waals surface area contributed by atoms with E-state index in [1.807, 2.05) is 29.2 Å². The van der Waals surface area contributed by atoms with E-state index in [2.05, 4.69) is 4.90 Å². The number of para-hydroxylation sites is 2. The molecule has 58 heavy (non-hydrogen) atoms. The first kappa shape index (κ1) is 40.2. The number of carbonyl (C=O) groups is 3. The molecule has 0 aromatic heterocycles. The molecule has 16 heteroatoms. The molecule has 3 aliphatic heterocycles. The largest absolute Gasteiger partial charge is 0.495 e. The first-order valence-electron chi connectivity index (χ1n) is 18.6. The van der Waals surface area contributed by atoms with Crippen LogP contribution in [0.5, 0.6) is 34.5 Å². The standard InChI is InChI=1S/C42H42F2N2O12/c1-25(47)55-38-23-36-29(20-31(38)43)42(30-21-32(44)39(56-26(2)48)24-37(30)57-36)28-22-40(51-4)34(19-27(28)41(49)58-42)46-11-14-52-13-9-45(10-15-53-17-18-54-16-12-46)33-7-5-6-8-35(33)50-3/h5-8,19-24H,9-18H2,1-4H3. The van der Waals surface area contributed by atoms with Gasteiger partial charge in [0, 0.05) is 57.7 Å². The maximum atomic E-state index is 15.7. The van der Waals surface area contributed by atoms with Gasteiger partial charge in [0.1, 0.15) is 23.0 Å². The fraction of sp³-hybridized carbons (Fsp3) is 0.357. The minimum absolute atomic E-state index is 0.0182. The lowest BCUT2D eigenvalue weighted by Crippen LogP contribution is -2.34. The molecule has 0 bridgehead atoms. The zero-order chi connectivity index (χ0) is 41.0. The molecule has 0 radical (unpaired) electrons. The van der Waals surface area contributed by atoms with Crippen LogP contribution in [0.25, 0.3) is 0 Å². The van der Waals surface area contributed by atoms with Crippen molar-refractivity contribution in [2.75, 3.05) is 89.8 Å². The number of rotatable bonds is 6. The molecule has 0 unspecified atom stereocenters. The van der Waals surface area contributed by atoms with Crippen LogP contribution in [-0.2, 0) is 34.1 Å². The van der Waals surface area contributed by atoms with Crippen LogP contribution in [0.4, 0.5) is 20.2 Å². The highest BCUT2D eigenvalue weighted by Crippen LogP contribution is 2.59. The van der Waals surface area contributed by atoms with Crippen molar-refractivity contribution in [2.45, 2.75) is 19.4 Å². The summed E-state index contributed by atoms with van der Waals surface area (Å²) < 4.78 is 83.3. The summed E-state index contributed by atoms with van der Waals surface area (Å²) in [5, 5.41) is 0. The summed E-state index contributed by atoms with van der Waals surface area (Å²) >= 11 is 0.